The van der Waals surface area contributed by atoms with E-state index in [-0.39, 0.29) is 0 Å². The predicted molar refractivity (Wildman–Crippen MR) is 46.1 cm³/mol. The van der Waals surface area contributed by atoms with Crippen molar-refractivity contribution in [2.75, 3.05) is 32.8 Å². The second kappa shape index (κ2) is 4.34. The average molecular weight is 181 g/mol. The third-order valence-electron chi connectivity index (χ3n) is 2.17. The standard InChI is InChI=1S/C8H13N4O/c1-2-12(10-9-1)4-3-11-5-7-13-8-6-11/h2H,3-8H2. The Morgan fingerprint density at radius 2 is 2.15 bits per heavy atom. The summed E-state index contributed by atoms with van der Waals surface area (Å²) in [5, 5.41) is 7.48. The minimum atomic E-state index is 0.851. The molecule has 0 amide bonds. The first-order chi connectivity index (χ1) is 6.45. The molecular weight excluding hydrogens is 168 g/mol. The summed E-state index contributed by atoms with van der Waals surface area (Å²) >= 11 is 0. The summed E-state index contributed by atoms with van der Waals surface area (Å²) in [6.07, 6.45) is 4.44. The van der Waals surface area contributed by atoms with Crippen LogP contribution in [0.15, 0.2) is 6.20 Å². The molecule has 2 rings (SSSR count). The molecule has 1 aliphatic heterocycles. The number of hydrogen-bond acceptors (Lipinski definition) is 4. The lowest BCUT2D eigenvalue weighted by Crippen LogP contribution is -2.38. The fourth-order valence-electron chi connectivity index (χ4n) is 1.38. The van der Waals surface area contributed by atoms with Crippen LogP contribution in [0.5, 0.6) is 0 Å². The van der Waals surface area contributed by atoms with E-state index in [9.17, 15) is 0 Å². The molecule has 1 saturated heterocycles. The Bertz CT molecular complexity index is 230. The number of rotatable bonds is 3. The normalized spacial score (nSPS) is 19.1. The lowest BCUT2D eigenvalue weighted by atomic mass is 10.4. The predicted octanol–water partition coefficient (Wildman–Crippen LogP) is -0.590. The van der Waals surface area contributed by atoms with Crippen molar-refractivity contribution in [3.63, 3.8) is 0 Å². The summed E-state index contributed by atoms with van der Waals surface area (Å²) in [4.78, 5) is 2.37. The van der Waals surface area contributed by atoms with E-state index in [1.165, 1.54) is 0 Å². The molecule has 0 N–H and O–H groups in total. The van der Waals surface area contributed by atoms with Crippen LogP contribution in [0.4, 0.5) is 0 Å². The lowest BCUT2D eigenvalue weighted by Gasteiger charge is -2.26. The summed E-state index contributed by atoms with van der Waals surface area (Å²) in [7, 11) is 0. The Balaban J connectivity index is 1.72. The highest BCUT2D eigenvalue weighted by molar-refractivity contribution is 4.65. The third kappa shape index (κ3) is 2.50. The van der Waals surface area contributed by atoms with Gasteiger partial charge < -0.3 is 4.74 Å². The van der Waals surface area contributed by atoms with Gasteiger partial charge in [0.1, 0.15) is 6.20 Å². The van der Waals surface area contributed by atoms with Gasteiger partial charge in [-0.15, -0.1) is 5.10 Å². The zero-order chi connectivity index (χ0) is 8.93. The van der Waals surface area contributed by atoms with Crippen molar-refractivity contribution in [3.8, 4) is 0 Å². The van der Waals surface area contributed by atoms with Crippen LogP contribution in [0.2, 0.25) is 0 Å². The molecule has 0 unspecified atom stereocenters. The topological polar surface area (TPSA) is 43.2 Å². The first kappa shape index (κ1) is 8.65. The Labute approximate surface area is 77.3 Å². The molecule has 2 heterocycles. The molecule has 0 spiro atoms. The van der Waals surface area contributed by atoms with Crippen LogP contribution in [-0.4, -0.2) is 52.7 Å². The van der Waals surface area contributed by atoms with Gasteiger partial charge in [0.05, 0.1) is 26.0 Å². The van der Waals surface area contributed by atoms with E-state index in [0.29, 0.717) is 0 Å². The third-order valence-corrected chi connectivity index (χ3v) is 2.17. The molecule has 0 aliphatic carbocycles. The fraction of sp³-hybridized carbons (Fsp3) is 0.750. The molecule has 1 aromatic rings. The fourth-order valence-corrected chi connectivity index (χ4v) is 1.38. The molecule has 0 atom stereocenters. The van der Waals surface area contributed by atoms with E-state index in [4.69, 9.17) is 4.74 Å². The average Bonchev–Trinajstić information content (AvgIpc) is 2.69. The molecule has 5 nitrogen and oxygen atoms in total. The molecule has 13 heavy (non-hydrogen) atoms. The van der Waals surface area contributed by atoms with Gasteiger partial charge >= 0.3 is 0 Å². The summed E-state index contributed by atoms with van der Waals surface area (Å²) in [6, 6.07) is 0. The Morgan fingerprint density at radius 1 is 1.31 bits per heavy atom. The SMILES string of the molecule is [c]1cn(CCN2CCOCC2)nn1. The molecule has 1 aliphatic rings. The summed E-state index contributed by atoms with van der Waals surface area (Å²) < 4.78 is 7.06. The minimum Gasteiger partial charge on any atom is -0.379 e. The zero-order valence-electron chi connectivity index (χ0n) is 7.52. The molecule has 1 aromatic heterocycles. The van der Waals surface area contributed by atoms with Crippen LogP contribution in [0.25, 0.3) is 0 Å². The van der Waals surface area contributed by atoms with Gasteiger partial charge in [0.15, 0.2) is 0 Å². The minimum absolute atomic E-state index is 0.851. The zero-order valence-corrected chi connectivity index (χ0v) is 7.52. The number of aromatic nitrogens is 3. The summed E-state index contributed by atoms with van der Waals surface area (Å²) in [5.41, 5.74) is 0. The van der Waals surface area contributed by atoms with Crippen molar-refractivity contribution in [1.29, 1.82) is 0 Å². The van der Waals surface area contributed by atoms with Gasteiger partial charge in [0.2, 0.25) is 0 Å². The van der Waals surface area contributed by atoms with E-state index in [2.05, 4.69) is 21.4 Å². The van der Waals surface area contributed by atoms with Crippen LogP contribution >= 0.6 is 0 Å². The van der Waals surface area contributed by atoms with E-state index in [0.717, 1.165) is 39.4 Å². The molecule has 0 bridgehead atoms. The van der Waals surface area contributed by atoms with E-state index in [1.807, 2.05) is 0 Å². The quantitative estimate of drug-likeness (QED) is 0.625. The number of nitrogens with zero attached hydrogens (tertiary/aromatic N) is 4. The largest absolute Gasteiger partial charge is 0.379 e. The maximum absolute atomic E-state index is 5.25. The molecule has 1 radical (unpaired) electrons. The van der Waals surface area contributed by atoms with Gasteiger partial charge in [0, 0.05) is 19.6 Å². The molecule has 0 aromatic carbocycles. The van der Waals surface area contributed by atoms with E-state index >= 15 is 0 Å². The first-order valence-corrected chi connectivity index (χ1v) is 4.51. The Kier molecular flexibility index (Phi) is 2.89. The smallest absolute Gasteiger partial charge is 0.134 e. The van der Waals surface area contributed by atoms with Crippen molar-refractivity contribution in [3.05, 3.63) is 12.4 Å². The van der Waals surface area contributed by atoms with Gasteiger partial charge in [-0.25, -0.2) is 0 Å². The number of hydrogen-bond donors (Lipinski definition) is 0. The molecule has 1 fully saturated rings. The Morgan fingerprint density at radius 3 is 2.85 bits per heavy atom. The Hall–Kier alpha value is -0.940. The van der Waals surface area contributed by atoms with Crippen LogP contribution in [0.1, 0.15) is 0 Å². The van der Waals surface area contributed by atoms with Gasteiger partial charge in [0.25, 0.3) is 0 Å². The highest BCUT2D eigenvalue weighted by Gasteiger charge is 2.09. The molecule has 71 valence electrons. The van der Waals surface area contributed by atoms with Gasteiger partial charge in [-0.05, 0) is 0 Å². The second-order valence-corrected chi connectivity index (χ2v) is 3.06. The van der Waals surface area contributed by atoms with Crippen molar-refractivity contribution >= 4 is 0 Å². The van der Waals surface area contributed by atoms with Crippen LogP contribution in [0, 0.1) is 6.20 Å². The molecule has 5 heteroatoms. The number of morpholine rings is 1. The van der Waals surface area contributed by atoms with Crippen molar-refractivity contribution in [2.45, 2.75) is 6.54 Å². The summed E-state index contributed by atoms with van der Waals surface area (Å²) in [5.74, 6) is 0. The van der Waals surface area contributed by atoms with Crippen molar-refractivity contribution in [1.82, 2.24) is 19.9 Å². The van der Waals surface area contributed by atoms with Crippen LogP contribution < -0.4 is 0 Å². The summed E-state index contributed by atoms with van der Waals surface area (Å²) in [6.45, 7) is 5.65. The van der Waals surface area contributed by atoms with Crippen molar-refractivity contribution in [2.24, 2.45) is 0 Å². The molecular formula is C8H13N4O. The van der Waals surface area contributed by atoms with Gasteiger partial charge in [-0.1, -0.05) is 5.21 Å². The highest BCUT2D eigenvalue weighted by Crippen LogP contribution is 1.96. The molecule has 0 saturated carbocycles. The second-order valence-electron chi connectivity index (χ2n) is 3.06. The lowest BCUT2D eigenvalue weighted by molar-refractivity contribution is 0.0359. The van der Waals surface area contributed by atoms with E-state index in [1.54, 1.807) is 10.9 Å². The van der Waals surface area contributed by atoms with Crippen LogP contribution in [0.3, 0.4) is 0 Å². The monoisotopic (exact) mass is 181 g/mol. The van der Waals surface area contributed by atoms with Gasteiger partial charge in [-0.2, -0.15) is 0 Å². The maximum Gasteiger partial charge on any atom is 0.134 e. The number of ether oxygens (including phenoxy) is 1. The maximum atomic E-state index is 5.25. The highest BCUT2D eigenvalue weighted by atomic mass is 16.5. The first-order valence-electron chi connectivity index (χ1n) is 4.51. The van der Waals surface area contributed by atoms with Crippen LogP contribution in [-0.2, 0) is 11.3 Å². The van der Waals surface area contributed by atoms with Gasteiger partial charge in [-0.3, -0.25) is 9.58 Å². The van der Waals surface area contributed by atoms with Crippen molar-refractivity contribution < 1.29 is 4.74 Å². The van der Waals surface area contributed by atoms with E-state index < -0.39 is 0 Å².